The summed E-state index contributed by atoms with van der Waals surface area (Å²) < 4.78 is 5.82. The predicted molar refractivity (Wildman–Crippen MR) is 128 cm³/mol. The second-order valence-electron chi connectivity index (χ2n) is 7.61. The Hall–Kier alpha value is -4.62. The summed E-state index contributed by atoms with van der Waals surface area (Å²) in [4.78, 5) is 31.6. The number of anilines is 2. The summed E-state index contributed by atoms with van der Waals surface area (Å²) in [5.41, 5.74) is 0.770. The molecule has 0 unspecified atom stereocenters. The molecule has 35 heavy (non-hydrogen) atoms. The Morgan fingerprint density at radius 1 is 1.29 bits per heavy atom. The van der Waals surface area contributed by atoms with Gasteiger partial charge in [-0.15, -0.1) is 0 Å². The number of carbonyl (C=O) groups is 1. The van der Waals surface area contributed by atoms with E-state index in [-0.39, 0.29) is 11.6 Å². The van der Waals surface area contributed by atoms with Gasteiger partial charge in [0.05, 0.1) is 23.9 Å². The zero-order valence-corrected chi connectivity index (χ0v) is 19.4. The standard InChI is InChI=1S/C24H19ClN6O4/c1-30(20(17-8-3-4-9-18(17)25)15-7-5-6-14(10-15)11-26)24-29-19(21(32)23(34)31(24)2)22(33)28-16-12-27-35-13-16/h3-10,12-13,20,32H,1-2H3,(H,28,33)/t20-/m0/s1. The first-order chi connectivity index (χ1) is 16.8. The van der Waals surface area contributed by atoms with Crippen molar-refractivity contribution in [2.75, 3.05) is 17.3 Å². The molecule has 2 aromatic carbocycles. The number of aromatic nitrogens is 3. The van der Waals surface area contributed by atoms with E-state index in [1.54, 1.807) is 42.3 Å². The first-order valence-electron chi connectivity index (χ1n) is 10.3. The Morgan fingerprint density at radius 2 is 2.06 bits per heavy atom. The molecule has 0 aliphatic carbocycles. The van der Waals surface area contributed by atoms with E-state index in [2.05, 4.69) is 26.0 Å². The van der Waals surface area contributed by atoms with Crippen LogP contribution in [0.25, 0.3) is 0 Å². The lowest BCUT2D eigenvalue weighted by molar-refractivity contribution is 0.101. The maximum absolute atomic E-state index is 12.9. The number of aromatic hydroxyl groups is 1. The number of halogens is 1. The van der Waals surface area contributed by atoms with E-state index in [1.807, 2.05) is 18.2 Å². The van der Waals surface area contributed by atoms with Crippen LogP contribution in [0.1, 0.15) is 33.2 Å². The molecule has 0 radical (unpaired) electrons. The van der Waals surface area contributed by atoms with E-state index < -0.39 is 29.0 Å². The van der Waals surface area contributed by atoms with Crippen molar-refractivity contribution in [3.63, 3.8) is 0 Å². The number of hydrogen-bond donors (Lipinski definition) is 2. The lowest BCUT2D eigenvalue weighted by Crippen LogP contribution is -2.34. The van der Waals surface area contributed by atoms with Crippen molar-refractivity contribution >= 4 is 29.1 Å². The third-order valence-electron chi connectivity index (χ3n) is 5.38. The van der Waals surface area contributed by atoms with Crippen LogP contribution in [-0.2, 0) is 7.05 Å². The maximum Gasteiger partial charge on any atom is 0.297 e. The number of hydrogen-bond acceptors (Lipinski definition) is 8. The van der Waals surface area contributed by atoms with E-state index in [0.717, 1.165) is 4.57 Å². The molecule has 2 heterocycles. The van der Waals surface area contributed by atoms with Crippen LogP contribution in [0.3, 0.4) is 0 Å². The number of nitrogens with zero attached hydrogens (tertiary/aromatic N) is 5. The van der Waals surface area contributed by atoms with Gasteiger partial charge in [-0.2, -0.15) is 5.26 Å². The molecule has 1 amide bonds. The fourth-order valence-corrected chi connectivity index (χ4v) is 3.95. The molecule has 2 aromatic heterocycles. The number of amides is 1. The monoisotopic (exact) mass is 490 g/mol. The van der Waals surface area contributed by atoms with E-state index >= 15 is 0 Å². The Balaban J connectivity index is 1.86. The van der Waals surface area contributed by atoms with E-state index in [4.69, 9.17) is 11.6 Å². The van der Waals surface area contributed by atoms with Crippen LogP contribution < -0.4 is 15.8 Å². The fourth-order valence-electron chi connectivity index (χ4n) is 3.71. The molecule has 1 atom stereocenters. The normalized spacial score (nSPS) is 11.5. The van der Waals surface area contributed by atoms with Gasteiger partial charge < -0.3 is 19.8 Å². The Bertz CT molecular complexity index is 1490. The summed E-state index contributed by atoms with van der Waals surface area (Å²) in [7, 11) is 3.10. The third kappa shape index (κ3) is 4.58. The smallest absolute Gasteiger partial charge is 0.297 e. The minimum atomic E-state index is -0.821. The van der Waals surface area contributed by atoms with Crippen LogP contribution in [0, 0.1) is 11.3 Å². The van der Waals surface area contributed by atoms with Crippen molar-refractivity contribution in [2.45, 2.75) is 6.04 Å². The second kappa shape index (κ2) is 9.70. The molecule has 0 bridgehead atoms. The summed E-state index contributed by atoms with van der Waals surface area (Å²) in [6.07, 6.45) is 2.46. The van der Waals surface area contributed by atoms with Crippen molar-refractivity contribution < 1.29 is 14.4 Å². The molecule has 2 N–H and O–H groups in total. The maximum atomic E-state index is 12.9. The van der Waals surface area contributed by atoms with Crippen molar-refractivity contribution in [1.82, 2.24) is 14.7 Å². The number of benzene rings is 2. The molecule has 4 aromatic rings. The SMILES string of the molecule is CN(c1nc(C(=O)Nc2cnoc2)c(O)c(=O)n1C)[C@@H](c1cccc(C#N)c1)c1ccccc1Cl. The predicted octanol–water partition coefficient (Wildman–Crippen LogP) is 3.48. The van der Waals surface area contributed by atoms with E-state index in [1.165, 1.54) is 19.5 Å². The number of rotatable bonds is 6. The zero-order chi connectivity index (χ0) is 25.1. The first-order valence-corrected chi connectivity index (χ1v) is 10.7. The summed E-state index contributed by atoms with van der Waals surface area (Å²) in [6, 6.07) is 15.6. The highest BCUT2D eigenvalue weighted by Crippen LogP contribution is 2.35. The van der Waals surface area contributed by atoms with Crippen LogP contribution in [0.15, 0.2) is 70.3 Å². The highest BCUT2D eigenvalue weighted by molar-refractivity contribution is 6.31. The van der Waals surface area contributed by atoms with Gasteiger partial charge in [-0.25, -0.2) is 4.98 Å². The van der Waals surface area contributed by atoms with Crippen LogP contribution >= 0.6 is 11.6 Å². The fraction of sp³-hybridized carbons (Fsp3) is 0.125. The van der Waals surface area contributed by atoms with E-state index in [9.17, 15) is 20.0 Å². The van der Waals surface area contributed by atoms with Gasteiger partial charge in [0, 0.05) is 19.1 Å². The highest BCUT2D eigenvalue weighted by atomic mass is 35.5. The molecule has 0 saturated carbocycles. The summed E-state index contributed by atoms with van der Waals surface area (Å²) in [6.45, 7) is 0. The third-order valence-corrected chi connectivity index (χ3v) is 5.73. The first kappa shape index (κ1) is 23.5. The molecule has 0 aliphatic heterocycles. The molecule has 0 aliphatic rings. The van der Waals surface area contributed by atoms with Crippen molar-refractivity contribution in [3.8, 4) is 11.8 Å². The summed E-state index contributed by atoms with van der Waals surface area (Å²) in [5, 5.41) is 26.2. The highest BCUT2D eigenvalue weighted by Gasteiger charge is 2.28. The van der Waals surface area contributed by atoms with Crippen LogP contribution in [-0.4, -0.2) is 32.8 Å². The number of carbonyl (C=O) groups excluding carboxylic acids is 1. The zero-order valence-electron chi connectivity index (χ0n) is 18.6. The summed E-state index contributed by atoms with van der Waals surface area (Å²) in [5.74, 6) is -1.55. The lowest BCUT2D eigenvalue weighted by Gasteiger charge is -2.31. The average Bonchev–Trinajstić information content (AvgIpc) is 3.37. The minimum Gasteiger partial charge on any atom is -0.501 e. The molecule has 0 spiro atoms. The van der Waals surface area contributed by atoms with Gasteiger partial charge in [0.25, 0.3) is 11.5 Å². The molecule has 10 nitrogen and oxygen atoms in total. The van der Waals surface area contributed by atoms with Gasteiger partial charge >= 0.3 is 0 Å². The second-order valence-corrected chi connectivity index (χ2v) is 8.02. The Kier molecular flexibility index (Phi) is 6.53. The Labute approximate surface area is 204 Å². The molecule has 4 rings (SSSR count). The number of nitriles is 1. The van der Waals surface area contributed by atoms with Crippen molar-refractivity contribution in [2.24, 2.45) is 7.05 Å². The van der Waals surface area contributed by atoms with Gasteiger partial charge in [0.1, 0.15) is 12.0 Å². The van der Waals surface area contributed by atoms with Crippen LogP contribution in [0.5, 0.6) is 5.75 Å². The van der Waals surface area contributed by atoms with Gasteiger partial charge in [0.15, 0.2) is 5.69 Å². The van der Waals surface area contributed by atoms with Crippen LogP contribution in [0.2, 0.25) is 5.02 Å². The van der Waals surface area contributed by atoms with Crippen molar-refractivity contribution in [3.05, 3.63) is 98.8 Å². The quantitative estimate of drug-likeness (QED) is 0.419. The lowest BCUT2D eigenvalue weighted by atomic mass is 9.96. The summed E-state index contributed by atoms with van der Waals surface area (Å²) >= 11 is 6.53. The Morgan fingerprint density at radius 3 is 2.74 bits per heavy atom. The largest absolute Gasteiger partial charge is 0.501 e. The molecule has 11 heteroatoms. The molecular weight excluding hydrogens is 472 g/mol. The molecule has 0 saturated heterocycles. The molecule has 0 fully saturated rings. The topological polar surface area (TPSA) is 137 Å². The van der Waals surface area contributed by atoms with Crippen molar-refractivity contribution in [1.29, 1.82) is 5.26 Å². The minimum absolute atomic E-state index is 0.0792. The van der Waals surface area contributed by atoms with Gasteiger partial charge in [-0.05, 0) is 29.3 Å². The molecular formula is C24H19ClN6O4. The number of nitrogens with one attached hydrogen (secondary N) is 1. The van der Waals surface area contributed by atoms with Gasteiger partial charge in [-0.3, -0.25) is 14.2 Å². The van der Waals surface area contributed by atoms with Gasteiger partial charge in [-0.1, -0.05) is 47.1 Å². The van der Waals surface area contributed by atoms with E-state index in [0.29, 0.717) is 21.7 Å². The molecule has 176 valence electrons. The average molecular weight is 491 g/mol. The van der Waals surface area contributed by atoms with Crippen LogP contribution in [0.4, 0.5) is 11.6 Å². The van der Waals surface area contributed by atoms with Gasteiger partial charge in [0.2, 0.25) is 11.7 Å².